The van der Waals surface area contributed by atoms with Crippen LogP contribution in [-0.4, -0.2) is 9.13 Å². The Morgan fingerprint density at radius 1 is 0.345 bits per heavy atom. The number of hydrogen-bond acceptors (Lipinski definition) is 3. The highest BCUT2D eigenvalue weighted by Gasteiger charge is 2.23. The Hall–Kier alpha value is -8.17. The molecule has 0 saturated heterocycles. The number of benzene rings is 8. The molecule has 2 heterocycles. The molecule has 0 amide bonds. The first-order valence-electron chi connectivity index (χ1n) is 19.2. The van der Waals surface area contributed by atoms with Crippen molar-refractivity contribution in [1.29, 1.82) is 15.8 Å². The summed E-state index contributed by atoms with van der Waals surface area (Å²) in [6.45, 7) is 4.21. The quantitative estimate of drug-likeness (QED) is 0.176. The lowest BCUT2D eigenvalue weighted by Gasteiger charge is -2.18. The summed E-state index contributed by atoms with van der Waals surface area (Å²) in [5.74, 6) is 0. The maximum absolute atomic E-state index is 11.4. The summed E-state index contributed by atoms with van der Waals surface area (Å²) < 4.78 is 4.39. The third-order valence-electron chi connectivity index (χ3n) is 11.3. The van der Waals surface area contributed by atoms with Crippen molar-refractivity contribution in [2.24, 2.45) is 0 Å². The van der Waals surface area contributed by atoms with Crippen LogP contribution in [0.25, 0.3) is 88.4 Å². The lowest BCUT2D eigenvalue weighted by molar-refractivity contribution is 1.12. The smallest absolute Gasteiger partial charge is 0.104 e. The molecule has 270 valence electrons. The van der Waals surface area contributed by atoms with Crippen molar-refractivity contribution in [3.63, 3.8) is 0 Å². The molecule has 5 nitrogen and oxygen atoms in total. The highest BCUT2D eigenvalue weighted by molar-refractivity contribution is 6.12. The van der Waals surface area contributed by atoms with Crippen LogP contribution in [0.5, 0.6) is 0 Å². The van der Waals surface area contributed by atoms with Crippen LogP contribution in [0, 0.1) is 47.8 Å². The molecular weight excluding hydrogens is 707 g/mol. The van der Waals surface area contributed by atoms with Crippen LogP contribution >= 0.6 is 0 Å². The molecule has 10 rings (SSSR count). The maximum atomic E-state index is 11.4. The zero-order valence-electron chi connectivity index (χ0n) is 31.8. The van der Waals surface area contributed by atoms with E-state index in [-0.39, 0.29) is 0 Å². The van der Waals surface area contributed by atoms with Gasteiger partial charge in [-0.05, 0) is 114 Å². The third-order valence-corrected chi connectivity index (χ3v) is 11.3. The van der Waals surface area contributed by atoms with Crippen LogP contribution in [0.15, 0.2) is 164 Å². The van der Waals surface area contributed by atoms with E-state index in [1.165, 1.54) is 11.1 Å². The van der Waals surface area contributed by atoms with E-state index >= 15 is 0 Å². The van der Waals surface area contributed by atoms with Crippen molar-refractivity contribution < 1.29 is 0 Å². The Morgan fingerprint density at radius 3 is 1.22 bits per heavy atom. The SMILES string of the molecule is Cc1cccc(-c2ccc3c(c2)c2ccccc2n3-c2cc(-c3cc(C#N)cc(C#N)c3)cc(-n3c4ccccc4c4cc(-c5cccc(C)c5)ccc43)c2C#N)c1. The van der Waals surface area contributed by atoms with Crippen LogP contribution < -0.4 is 0 Å². The minimum Gasteiger partial charge on any atom is -0.308 e. The summed E-state index contributed by atoms with van der Waals surface area (Å²) in [6.07, 6.45) is 0. The number of aryl methyl sites for hydroxylation is 2. The van der Waals surface area contributed by atoms with E-state index in [0.717, 1.165) is 71.4 Å². The average Bonchev–Trinajstić information content (AvgIpc) is 3.77. The predicted octanol–water partition coefficient (Wildman–Crippen LogP) is 13.1. The molecule has 0 saturated carbocycles. The zero-order chi connectivity index (χ0) is 39.5. The normalized spacial score (nSPS) is 11.2. The zero-order valence-corrected chi connectivity index (χ0v) is 31.8. The van der Waals surface area contributed by atoms with E-state index in [1.807, 2.05) is 36.4 Å². The van der Waals surface area contributed by atoms with Gasteiger partial charge in [-0.3, -0.25) is 0 Å². The predicted molar refractivity (Wildman–Crippen MR) is 235 cm³/mol. The van der Waals surface area contributed by atoms with Gasteiger partial charge in [0.05, 0.1) is 56.7 Å². The number of aromatic nitrogens is 2. The lowest BCUT2D eigenvalue weighted by Crippen LogP contribution is -2.05. The van der Waals surface area contributed by atoms with Crippen molar-refractivity contribution in [2.75, 3.05) is 0 Å². The summed E-state index contributed by atoms with van der Waals surface area (Å²) in [5, 5.41) is 35.7. The molecule has 0 aliphatic carbocycles. The van der Waals surface area contributed by atoms with Crippen molar-refractivity contribution in [3.8, 4) is 63.0 Å². The maximum Gasteiger partial charge on any atom is 0.104 e. The molecule has 0 aliphatic heterocycles. The molecule has 8 aromatic carbocycles. The minimum absolute atomic E-state index is 0.391. The van der Waals surface area contributed by atoms with Crippen LogP contribution in [0.1, 0.15) is 27.8 Å². The van der Waals surface area contributed by atoms with Gasteiger partial charge in [0.1, 0.15) is 11.6 Å². The lowest BCUT2D eigenvalue weighted by atomic mass is 9.97. The van der Waals surface area contributed by atoms with Crippen molar-refractivity contribution in [3.05, 3.63) is 192 Å². The molecule has 0 atom stereocenters. The molecule has 10 aromatic rings. The number of para-hydroxylation sites is 2. The monoisotopic (exact) mass is 739 g/mol. The molecule has 0 fully saturated rings. The Bertz CT molecular complexity index is 3250. The molecule has 0 radical (unpaired) electrons. The van der Waals surface area contributed by atoms with Gasteiger partial charge >= 0.3 is 0 Å². The Labute approximate surface area is 335 Å². The van der Waals surface area contributed by atoms with E-state index < -0.39 is 0 Å². The summed E-state index contributed by atoms with van der Waals surface area (Å²) >= 11 is 0. The van der Waals surface area contributed by atoms with Crippen LogP contribution in [0.3, 0.4) is 0 Å². The highest BCUT2D eigenvalue weighted by atomic mass is 15.0. The molecule has 58 heavy (non-hydrogen) atoms. The Balaban J connectivity index is 1.31. The van der Waals surface area contributed by atoms with Gasteiger partial charge in [0, 0.05) is 21.5 Å². The first-order chi connectivity index (χ1) is 28.4. The third kappa shape index (κ3) is 5.52. The Morgan fingerprint density at radius 2 is 0.776 bits per heavy atom. The van der Waals surface area contributed by atoms with Crippen LogP contribution in [0.2, 0.25) is 0 Å². The minimum atomic E-state index is 0.391. The van der Waals surface area contributed by atoms with Crippen LogP contribution in [0.4, 0.5) is 0 Å². The second-order valence-electron chi connectivity index (χ2n) is 14.9. The van der Waals surface area contributed by atoms with E-state index in [0.29, 0.717) is 33.6 Å². The van der Waals surface area contributed by atoms with Gasteiger partial charge in [-0.25, -0.2) is 0 Å². The first kappa shape index (κ1) is 34.3. The number of nitriles is 3. The summed E-state index contributed by atoms with van der Waals surface area (Å²) in [6, 6.07) is 63.2. The molecule has 0 spiro atoms. The first-order valence-corrected chi connectivity index (χ1v) is 19.2. The second-order valence-corrected chi connectivity index (χ2v) is 14.9. The number of nitrogens with zero attached hydrogens (tertiary/aromatic N) is 5. The van der Waals surface area contributed by atoms with Gasteiger partial charge in [0.15, 0.2) is 0 Å². The molecule has 0 aliphatic rings. The molecular formula is C53H33N5. The van der Waals surface area contributed by atoms with Gasteiger partial charge in [-0.1, -0.05) is 108 Å². The highest BCUT2D eigenvalue weighted by Crippen LogP contribution is 2.42. The van der Waals surface area contributed by atoms with Gasteiger partial charge in [-0.2, -0.15) is 15.8 Å². The molecule has 0 N–H and O–H groups in total. The van der Waals surface area contributed by atoms with Gasteiger partial charge < -0.3 is 9.13 Å². The summed E-state index contributed by atoms with van der Waals surface area (Å²) in [5.41, 5.74) is 14.9. The molecule has 0 bridgehead atoms. The molecule has 5 heteroatoms. The van der Waals surface area contributed by atoms with Crippen molar-refractivity contribution >= 4 is 43.6 Å². The summed E-state index contributed by atoms with van der Waals surface area (Å²) in [7, 11) is 0. The fourth-order valence-corrected chi connectivity index (χ4v) is 8.64. The topological polar surface area (TPSA) is 81.2 Å². The summed E-state index contributed by atoms with van der Waals surface area (Å²) in [4.78, 5) is 0. The van der Waals surface area contributed by atoms with Crippen molar-refractivity contribution in [1.82, 2.24) is 9.13 Å². The van der Waals surface area contributed by atoms with E-state index in [1.54, 1.807) is 6.07 Å². The van der Waals surface area contributed by atoms with Crippen LogP contribution in [-0.2, 0) is 0 Å². The van der Waals surface area contributed by atoms with Gasteiger partial charge in [-0.15, -0.1) is 0 Å². The molecule has 2 aromatic heterocycles. The van der Waals surface area contributed by atoms with E-state index in [2.05, 4.69) is 163 Å². The van der Waals surface area contributed by atoms with Crippen molar-refractivity contribution in [2.45, 2.75) is 13.8 Å². The second kappa shape index (κ2) is 13.5. The number of hydrogen-bond donors (Lipinski definition) is 0. The largest absolute Gasteiger partial charge is 0.308 e. The Kier molecular flexibility index (Phi) is 8.01. The average molecular weight is 740 g/mol. The van der Waals surface area contributed by atoms with E-state index in [4.69, 9.17) is 0 Å². The molecule has 0 unspecified atom stereocenters. The van der Waals surface area contributed by atoms with E-state index in [9.17, 15) is 15.8 Å². The van der Waals surface area contributed by atoms with Gasteiger partial charge in [0.2, 0.25) is 0 Å². The number of fused-ring (bicyclic) bond motifs is 6. The standard InChI is InChI=1S/C53H33N5/c1-33-9-7-11-37(21-33)39-17-19-50-45(26-39)43-13-3-5-15-48(43)57(50)52-28-42(41-24-35(30-54)23-36(25-41)31-55)29-53(47(52)32-56)58-49-16-6-4-14-44(49)46-27-40(18-20-51(46)58)38-12-8-10-34(2)22-38/h3-29H,1-2H3. The number of rotatable bonds is 5. The van der Waals surface area contributed by atoms with Gasteiger partial charge in [0.25, 0.3) is 0 Å². The fraction of sp³-hybridized carbons (Fsp3) is 0.0377. The fourth-order valence-electron chi connectivity index (χ4n) is 8.64.